The molecule has 1 aliphatic heterocycles. The van der Waals surface area contributed by atoms with Crippen LogP contribution in [0.1, 0.15) is 30.4 Å². The van der Waals surface area contributed by atoms with Crippen LogP contribution in [-0.4, -0.2) is 60.9 Å². The number of rotatable bonds is 6. The Morgan fingerprint density at radius 1 is 1.38 bits per heavy atom. The highest BCUT2D eigenvalue weighted by Gasteiger charge is 2.44. The van der Waals surface area contributed by atoms with Gasteiger partial charge >= 0.3 is 0 Å². The van der Waals surface area contributed by atoms with Crippen LogP contribution in [0, 0.1) is 12.8 Å². The third kappa shape index (κ3) is 4.35. The molecule has 0 unspecified atom stereocenters. The maximum atomic E-state index is 12.4. The molecule has 1 heterocycles. The summed E-state index contributed by atoms with van der Waals surface area (Å²) in [7, 11) is 0. The normalized spacial score (nSPS) is 26.6. The molecular weight excluding hydrogens is 304 g/mol. The van der Waals surface area contributed by atoms with Gasteiger partial charge in [-0.1, -0.05) is 24.3 Å². The summed E-state index contributed by atoms with van der Waals surface area (Å²) in [5.41, 5.74) is 1.61. The fourth-order valence-corrected chi connectivity index (χ4v) is 3.54. The molecule has 5 heteroatoms. The highest BCUT2D eigenvalue weighted by Crippen LogP contribution is 2.48. The molecule has 1 aliphatic carbocycles. The molecule has 1 saturated heterocycles. The van der Waals surface area contributed by atoms with Gasteiger partial charge in [-0.15, -0.1) is 0 Å². The van der Waals surface area contributed by atoms with Gasteiger partial charge in [-0.3, -0.25) is 9.69 Å². The largest absolute Gasteiger partial charge is 0.387 e. The minimum atomic E-state index is -0.917. The second-order valence-electron chi connectivity index (χ2n) is 7.41. The first kappa shape index (κ1) is 17.4. The number of nitrogens with zero attached hydrogens (tertiary/aromatic N) is 1. The molecule has 1 aromatic carbocycles. The molecule has 3 atom stereocenters. The zero-order chi connectivity index (χ0) is 17.2. The quantitative estimate of drug-likeness (QED) is 0.824. The monoisotopic (exact) mass is 332 g/mol. The lowest BCUT2D eigenvalue weighted by Gasteiger charge is -2.33. The molecule has 1 saturated carbocycles. The van der Waals surface area contributed by atoms with Crippen molar-refractivity contribution < 1.29 is 14.6 Å². The summed E-state index contributed by atoms with van der Waals surface area (Å²) in [6, 6.07) is 8.26. The Labute approximate surface area is 144 Å². The van der Waals surface area contributed by atoms with Crippen molar-refractivity contribution in [2.75, 3.05) is 39.4 Å². The minimum Gasteiger partial charge on any atom is -0.387 e. The number of amides is 1. The SMILES string of the molecule is Cc1ccccc1[C@H]1C[C@H]1C(=O)NC[C@@](C)(O)CN1CCOCC1. The lowest BCUT2D eigenvalue weighted by atomic mass is 10.0. The van der Waals surface area contributed by atoms with Crippen LogP contribution in [0.3, 0.4) is 0 Å². The second kappa shape index (κ2) is 7.21. The van der Waals surface area contributed by atoms with E-state index in [4.69, 9.17) is 4.74 Å². The lowest BCUT2D eigenvalue weighted by Crippen LogP contribution is -2.51. The standard InChI is InChI=1S/C19H28N2O3/c1-14-5-3-4-6-15(14)16-11-17(16)18(22)20-12-19(2,23)13-21-7-9-24-10-8-21/h3-6,16-17,23H,7-13H2,1-2H3,(H,20,22)/t16-,17-,19-/m1/s1. The Kier molecular flexibility index (Phi) is 5.23. The van der Waals surface area contributed by atoms with E-state index in [0.29, 0.717) is 32.2 Å². The number of aliphatic hydroxyl groups is 1. The lowest BCUT2D eigenvalue weighted by molar-refractivity contribution is -0.123. The molecule has 0 spiro atoms. The number of ether oxygens (including phenoxy) is 1. The minimum absolute atomic E-state index is 0.0466. The molecule has 2 aliphatic rings. The van der Waals surface area contributed by atoms with Gasteiger partial charge < -0.3 is 15.2 Å². The van der Waals surface area contributed by atoms with Crippen LogP contribution in [0.2, 0.25) is 0 Å². The smallest absolute Gasteiger partial charge is 0.223 e. The highest BCUT2D eigenvalue weighted by atomic mass is 16.5. The Morgan fingerprint density at radius 2 is 2.08 bits per heavy atom. The van der Waals surface area contributed by atoms with Crippen LogP contribution in [0.5, 0.6) is 0 Å². The summed E-state index contributed by atoms with van der Waals surface area (Å²) in [6.45, 7) is 7.82. The van der Waals surface area contributed by atoms with Crippen molar-refractivity contribution in [2.45, 2.75) is 31.8 Å². The van der Waals surface area contributed by atoms with Gasteiger partial charge in [0.15, 0.2) is 0 Å². The average Bonchev–Trinajstić information content (AvgIpc) is 3.34. The van der Waals surface area contributed by atoms with Crippen LogP contribution in [-0.2, 0) is 9.53 Å². The number of nitrogens with one attached hydrogen (secondary N) is 1. The average molecular weight is 332 g/mol. The first-order chi connectivity index (χ1) is 11.5. The topological polar surface area (TPSA) is 61.8 Å². The summed E-state index contributed by atoms with van der Waals surface area (Å²) >= 11 is 0. The van der Waals surface area contributed by atoms with E-state index < -0.39 is 5.60 Å². The molecule has 0 bridgehead atoms. The number of benzene rings is 1. The summed E-state index contributed by atoms with van der Waals surface area (Å²) in [4.78, 5) is 14.6. The zero-order valence-electron chi connectivity index (χ0n) is 14.6. The summed E-state index contributed by atoms with van der Waals surface area (Å²) in [5.74, 6) is 0.436. The molecule has 0 aromatic heterocycles. The van der Waals surface area contributed by atoms with Crippen molar-refractivity contribution in [1.29, 1.82) is 0 Å². The van der Waals surface area contributed by atoms with Crippen LogP contribution in [0.4, 0.5) is 0 Å². The molecule has 24 heavy (non-hydrogen) atoms. The van der Waals surface area contributed by atoms with Crippen molar-refractivity contribution in [3.05, 3.63) is 35.4 Å². The number of aryl methyl sites for hydroxylation is 1. The molecule has 5 nitrogen and oxygen atoms in total. The summed E-state index contributed by atoms with van der Waals surface area (Å²) < 4.78 is 5.32. The van der Waals surface area contributed by atoms with E-state index in [0.717, 1.165) is 19.5 Å². The first-order valence-corrected chi connectivity index (χ1v) is 8.82. The molecule has 1 amide bonds. The predicted molar refractivity (Wildman–Crippen MR) is 92.9 cm³/mol. The van der Waals surface area contributed by atoms with E-state index in [1.165, 1.54) is 11.1 Å². The van der Waals surface area contributed by atoms with Crippen LogP contribution in [0.15, 0.2) is 24.3 Å². The van der Waals surface area contributed by atoms with Gasteiger partial charge in [-0.05, 0) is 37.3 Å². The van der Waals surface area contributed by atoms with Crippen LogP contribution >= 0.6 is 0 Å². The Hall–Kier alpha value is -1.43. The Bertz CT molecular complexity index is 582. The van der Waals surface area contributed by atoms with Gasteiger partial charge in [0.1, 0.15) is 0 Å². The van der Waals surface area contributed by atoms with Crippen molar-refractivity contribution >= 4 is 5.91 Å². The maximum absolute atomic E-state index is 12.4. The van der Waals surface area contributed by atoms with Crippen molar-refractivity contribution in [1.82, 2.24) is 10.2 Å². The molecule has 0 radical (unpaired) electrons. The van der Waals surface area contributed by atoms with E-state index in [1.54, 1.807) is 6.92 Å². The number of hydrogen-bond acceptors (Lipinski definition) is 4. The number of β-amino-alcohol motifs (C(OH)–C–C–N with tert-alkyl or cyclic N) is 1. The van der Waals surface area contributed by atoms with E-state index in [-0.39, 0.29) is 11.8 Å². The first-order valence-electron chi connectivity index (χ1n) is 8.82. The van der Waals surface area contributed by atoms with Crippen molar-refractivity contribution in [3.63, 3.8) is 0 Å². The summed E-state index contributed by atoms with van der Waals surface area (Å²) in [5, 5.41) is 13.5. The molecule has 2 fully saturated rings. The Balaban J connectivity index is 1.46. The van der Waals surface area contributed by atoms with E-state index >= 15 is 0 Å². The van der Waals surface area contributed by atoms with E-state index in [2.05, 4.69) is 29.3 Å². The fourth-order valence-electron chi connectivity index (χ4n) is 3.54. The number of carbonyl (C=O) groups is 1. The third-order valence-corrected chi connectivity index (χ3v) is 5.03. The fraction of sp³-hybridized carbons (Fsp3) is 0.632. The second-order valence-corrected chi connectivity index (χ2v) is 7.41. The van der Waals surface area contributed by atoms with Crippen LogP contribution < -0.4 is 5.32 Å². The van der Waals surface area contributed by atoms with Gasteiger partial charge in [-0.25, -0.2) is 0 Å². The number of morpholine rings is 1. The van der Waals surface area contributed by atoms with Crippen LogP contribution in [0.25, 0.3) is 0 Å². The van der Waals surface area contributed by atoms with Crippen molar-refractivity contribution in [2.24, 2.45) is 5.92 Å². The number of carbonyl (C=O) groups excluding carboxylic acids is 1. The number of hydrogen-bond donors (Lipinski definition) is 2. The van der Waals surface area contributed by atoms with Gasteiger partial charge in [0.05, 0.1) is 18.8 Å². The highest BCUT2D eigenvalue weighted by molar-refractivity contribution is 5.83. The van der Waals surface area contributed by atoms with Gasteiger partial charge in [0, 0.05) is 32.1 Å². The molecule has 3 rings (SSSR count). The van der Waals surface area contributed by atoms with Gasteiger partial charge in [0.25, 0.3) is 0 Å². The van der Waals surface area contributed by atoms with E-state index in [9.17, 15) is 9.90 Å². The zero-order valence-corrected chi connectivity index (χ0v) is 14.6. The van der Waals surface area contributed by atoms with E-state index in [1.807, 2.05) is 12.1 Å². The van der Waals surface area contributed by atoms with Gasteiger partial charge in [0.2, 0.25) is 5.91 Å². The maximum Gasteiger partial charge on any atom is 0.223 e. The molecule has 2 N–H and O–H groups in total. The Morgan fingerprint density at radius 3 is 2.79 bits per heavy atom. The molecule has 1 aromatic rings. The molecule has 132 valence electrons. The van der Waals surface area contributed by atoms with Gasteiger partial charge in [-0.2, -0.15) is 0 Å². The molecular formula is C19H28N2O3. The third-order valence-electron chi connectivity index (χ3n) is 5.03. The van der Waals surface area contributed by atoms with Crippen molar-refractivity contribution in [3.8, 4) is 0 Å². The predicted octanol–water partition coefficient (Wildman–Crippen LogP) is 1.30. The summed E-state index contributed by atoms with van der Waals surface area (Å²) in [6.07, 6.45) is 0.905.